The summed E-state index contributed by atoms with van der Waals surface area (Å²) in [6.07, 6.45) is -4.27. The summed E-state index contributed by atoms with van der Waals surface area (Å²) in [5.41, 5.74) is -0.240. The molecule has 116 valence electrons. The Hall–Kier alpha value is -1.83. The normalized spacial score (nSPS) is 17.0. The zero-order valence-electron chi connectivity index (χ0n) is 11.0. The summed E-state index contributed by atoms with van der Waals surface area (Å²) in [4.78, 5) is 13.8. The Kier molecular flexibility index (Phi) is 4.36. The molecule has 1 fully saturated rings. The van der Waals surface area contributed by atoms with E-state index in [1.54, 1.807) is 0 Å². The summed E-state index contributed by atoms with van der Waals surface area (Å²) in [5, 5.41) is 9.07. The summed E-state index contributed by atoms with van der Waals surface area (Å²) in [6.45, 7) is -0.502. The number of benzene rings is 1. The number of aromatic carboxylic acids is 1. The average molecular weight is 306 g/mol. The van der Waals surface area contributed by atoms with Crippen LogP contribution in [0.5, 0.6) is 0 Å². The number of carbonyl (C=O) groups is 1. The number of hydrogen-bond donors (Lipinski definition) is 1. The Labute approximate surface area is 118 Å². The minimum absolute atomic E-state index is 0.0586. The molecule has 0 saturated carbocycles. The Morgan fingerprint density at radius 3 is 2.33 bits per heavy atom. The molecule has 21 heavy (non-hydrogen) atoms. The summed E-state index contributed by atoms with van der Waals surface area (Å²) in [6, 6.07) is 3.72. The first-order valence-corrected chi connectivity index (χ1v) is 6.34. The van der Waals surface area contributed by atoms with Gasteiger partial charge in [0.1, 0.15) is 5.82 Å². The first-order chi connectivity index (χ1) is 9.78. The molecule has 1 aliphatic heterocycles. The summed E-state index contributed by atoms with van der Waals surface area (Å²) in [5.74, 6) is -1.94. The second kappa shape index (κ2) is 5.88. The Bertz CT molecular complexity index is 525. The van der Waals surface area contributed by atoms with Crippen LogP contribution < -0.4 is 4.90 Å². The molecule has 0 spiro atoms. The predicted molar refractivity (Wildman–Crippen MR) is 68.1 cm³/mol. The van der Waals surface area contributed by atoms with Gasteiger partial charge in [0.05, 0.1) is 17.8 Å². The van der Waals surface area contributed by atoms with Gasteiger partial charge in [0, 0.05) is 26.2 Å². The van der Waals surface area contributed by atoms with Crippen LogP contribution >= 0.6 is 0 Å². The molecule has 1 N–H and O–H groups in total. The van der Waals surface area contributed by atoms with E-state index in [0.717, 1.165) is 6.07 Å². The fourth-order valence-corrected chi connectivity index (χ4v) is 2.39. The van der Waals surface area contributed by atoms with E-state index in [1.165, 1.54) is 21.9 Å². The highest BCUT2D eigenvalue weighted by atomic mass is 19.4. The molecule has 8 heteroatoms. The van der Waals surface area contributed by atoms with Gasteiger partial charge in [0.15, 0.2) is 0 Å². The number of para-hydroxylation sites is 1. The van der Waals surface area contributed by atoms with Crippen LogP contribution in [0.2, 0.25) is 0 Å². The van der Waals surface area contributed by atoms with Crippen molar-refractivity contribution in [2.45, 2.75) is 6.18 Å². The van der Waals surface area contributed by atoms with Crippen LogP contribution in [0.1, 0.15) is 10.4 Å². The molecule has 0 amide bonds. The summed E-state index contributed by atoms with van der Waals surface area (Å²) >= 11 is 0. The van der Waals surface area contributed by atoms with E-state index in [1.807, 2.05) is 0 Å². The molecule has 0 aliphatic carbocycles. The highest BCUT2D eigenvalue weighted by Gasteiger charge is 2.33. The van der Waals surface area contributed by atoms with Gasteiger partial charge >= 0.3 is 12.1 Å². The van der Waals surface area contributed by atoms with Crippen LogP contribution in [0, 0.1) is 5.82 Å². The lowest BCUT2D eigenvalue weighted by Crippen LogP contribution is -2.49. The smallest absolute Gasteiger partial charge is 0.401 e. The molecule has 1 aromatic carbocycles. The molecule has 1 aromatic rings. The molecule has 0 unspecified atom stereocenters. The van der Waals surface area contributed by atoms with Crippen LogP contribution in [0.15, 0.2) is 18.2 Å². The topological polar surface area (TPSA) is 43.8 Å². The predicted octanol–water partition coefficient (Wildman–Crippen LogP) is 2.21. The van der Waals surface area contributed by atoms with Gasteiger partial charge in [0.2, 0.25) is 0 Å². The van der Waals surface area contributed by atoms with Gasteiger partial charge in [0.25, 0.3) is 0 Å². The number of halogens is 4. The quantitative estimate of drug-likeness (QED) is 0.870. The second-order valence-corrected chi connectivity index (χ2v) is 4.82. The largest absolute Gasteiger partial charge is 0.478 e. The zero-order valence-corrected chi connectivity index (χ0v) is 11.0. The first kappa shape index (κ1) is 15.6. The van der Waals surface area contributed by atoms with E-state index in [4.69, 9.17) is 5.11 Å². The minimum Gasteiger partial charge on any atom is -0.478 e. The van der Waals surface area contributed by atoms with Crippen molar-refractivity contribution in [2.24, 2.45) is 0 Å². The number of hydrogen-bond acceptors (Lipinski definition) is 3. The minimum atomic E-state index is -4.27. The van der Waals surface area contributed by atoms with Crippen molar-refractivity contribution in [1.29, 1.82) is 0 Å². The van der Waals surface area contributed by atoms with Gasteiger partial charge in [-0.2, -0.15) is 13.2 Å². The van der Waals surface area contributed by atoms with Gasteiger partial charge in [-0.3, -0.25) is 4.90 Å². The monoisotopic (exact) mass is 306 g/mol. The SMILES string of the molecule is O=C(O)c1cccc(F)c1N1CCN(CC(F)(F)F)CC1. The van der Waals surface area contributed by atoms with Crippen molar-refractivity contribution < 1.29 is 27.5 Å². The van der Waals surface area contributed by atoms with Crippen LogP contribution in [0.25, 0.3) is 0 Å². The fourth-order valence-electron chi connectivity index (χ4n) is 2.39. The first-order valence-electron chi connectivity index (χ1n) is 6.34. The number of nitrogens with zero attached hydrogens (tertiary/aromatic N) is 2. The van der Waals surface area contributed by atoms with Crippen molar-refractivity contribution in [1.82, 2.24) is 4.90 Å². The third-order valence-electron chi connectivity index (χ3n) is 3.31. The highest BCUT2D eigenvalue weighted by molar-refractivity contribution is 5.94. The number of piperazine rings is 1. The molecule has 1 heterocycles. The fraction of sp³-hybridized carbons (Fsp3) is 0.462. The maximum absolute atomic E-state index is 13.9. The molecular weight excluding hydrogens is 292 g/mol. The van der Waals surface area contributed by atoms with Gasteiger partial charge in [-0.15, -0.1) is 0 Å². The third kappa shape index (κ3) is 3.84. The molecular formula is C13H14F4N2O2. The third-order valence-corrected chi connectivity index (χ3v) is 3.31. The number of carboxylic acid groups (broad SMARTS) is 1. The number of alkyl halides is 3. The lowest BCUT2D eigenvalue weighted by Gasteiger charge is -2.36. The Morgan fingerprint density at radius 1 is 1.19 bits per heavy atom. The maximum Gasteiger partial charge on any atom is 0.401 e. The summed E-state index contributed by atoms with van der Waals surface area (Å²) < 4.78 is 50.8. The van der Waals surface area contributed by atoms with Crippen molar-refractivity contribution in [3.63, 3.8) is 0 Å². The van der Waals surface area contributed by atoms with Gasteiger partial charge in [-0.25, -0.2) is 9.18 Å². The van der Waals surface area contributed by atoms with Gasteiger partial charge < -0.3 is 10.0 Å². The van der Waals surface area contributed by atoms with E-state index in [-0.39, 0.29) is 37.4 Å². The average Bonchev–Trinajstić information content (AvgIpc) is 2.37. The van der Waals surface area contributed by atoms with Crippen LogP contribution in [0.4, 0.5) is 23.2 Å². The standard InChI is InChI=1S/C13H14F4N2O2/c14-10-3-1-2-9(12(20)21)11(10)19-6-4-18(5-7-19)8-13(15,16)17/h1-3H,4-8H2,(H,20,21). The van der Waals surface area contributed by atoms with Crippen LogP contribution in [-0.2, 0) is 0 Å². The lowest BCUT2D eigenvalue weighted by atomic mass is 10.1. The molecule has 1 aliphatic rings. The molecule has 2 rings (SSSR count). The maximum atomic E-state index is 13.9. The van der Waals surface area contributed by atoms with Gasteiger partial charge in [-0.1, -0.05) is 6.07 Å². The highest BCUT2D eigenvalue weighted by Crippen LogP contribution is 2.26. The molecule has 1 saturated heterocycles. The van der Waals surface area contributed by atoms with Crippen LogP contribution in [0.3, 0.4) is 0 Å². The van der Waals surface area contributed by atoms with E-state index < -0.39 is 24.5 Å². The number of rotatable bonds is 3. The molecule has 0 radical (unpaired) electrons. The molecule has 0 atom stereocenters. The second-order valence-electron chi connectivity index (χ2n) is 4.82. The van der Waals surface area contributed by atoms with Crippen LogP contribution in [-0.4, -0.2) is 54.9 Å². The Balaban J connectivity index is 2.11. The van der Waals surface area contributed by atoms with E-state index >= 15 is 0 Å². The lowest BCUT2D eigenvalue weighted by molar-refractivity contribution is -0.146. The van der Waals surface area contributed by atoms with E-state index in [0.29, 0.717) is 0 Å². The van der Waals surface area contributed by atoms with Crippen molar-refractivity contribution >= 4 is 11.7 Å². The van der Waals surface area contributed by atoms with Crippen molar-refractivity contribution in [3.8, 4) is 0 Å². The van der Waals surface area contributed by atoms with Crippen molar-refractivity contribution in [3.05, 3.63) is 29.6 Å². The number of anilines is 1. The Morgan fingerprint density at radius 2 is 1.81 bits per heavy atom. The summed E-state index contributed by atoms with van der Waals surface area (Å²) in [7, 11) is 0. The molecule has 4 nitrogen and oxygen atoms in total. The zero-order chi connectivity index (χ0) is 15.6. The van der Waals surface area contributed by atoms with E-state index in [9.17, 15) is 22.4 Å². The van der Waals surface area contributed by atoms with E-state index in [2.05, 4.69) is 0 Å². The van der Waals surface area contributed by atoms with Gasteiger partial charge in [-0.05, 0) is 12.1 Å². The molecule has 0 aromatic heterocycles. The number of carboxylic acids is 1. The molecule has 0 bridgehead atoms. The van der Waals surface area contributed by atoms with Crippen molar-refractivity contribution in [2.75, 3.05) is 37.6 Å².